The summed E-state index contributed by atoms with van der Waals surface area (Å²) in [4.78, 5) is 0. The molecule has 136 valence electrons. The van der Waals surface area contributed by atoms with E-state index in [1.54, 1.807) is 0 Å². The zero-order valence-corrected chi connectivity index (χ0v) is 23.9. The first-order valence-electron chi connectivity index (χ1n) is 0. The largest absolute Gasteiger partial charge is 0.870 e. The van der Waals surface area contributed by atoms with Crippen LogP contribution in [0.2, 0.25) is 0 Å². The van der Waals surface area contributed by atoms with Gasteiger partial charge in [0.2, 0.25) is 0 Å². The second-order valence-corrected chi connectivity index (χ2v) is 0. The van der Waals surface area contributed by atoms with E-state index >= 15 is 0 Å². The predicted molar refractivity (Wildman–Crippen MR) is 23.2 cm³/mol. The van der Waals surface area contributed by atoms with Gasteiger partial charge in [-0.2, -0.15) is 0 Å². The Bertz CT molecular complexity index is 24.9. The molecule has 0 heterocycles. The normalized spacial score (nSPS) is 0. The minimum atomic E-state index is 0. The molecule has 0 aliphatic heterocycles. The van der Waals surface area contributed by atoms with E-state index < -0.39 is 0 Å². The first kappa shape index (κ1) is 624. The SMILES string of the molecule is [OH-].[OH-].[OH-].[OH-].[OH-].[OH-].[OH-].[OH-].[OH-].[OH-].[OH-].[OH-].[Re].[Re].[Re].[Re].[Ti].[Ti].[Ti]. The molecule has 12 N–H and O–H groups in total. The van der Waals surface area contributed by atoms with Crippen molar-refractivity contribution in [3.8, 4) is 0 Å². The Hall–Kier alpha value is 4.31. The molecule has 0 aliphatic carbocycles. The first-order valence-corrected chi connectivity index (χ1v) is 0. The quantitative estimate of drug-likeness (QED) is 0.235. The summed E-state index contributed by atoms with van der Waals surface area (Å²) in [5.74, 6) is 0. The van der Waals surface area contributed by atoms with Crippen LogP contribution in [0.4, 0.5) is 0 Å². The summed E-state index contributed by atoms with van der Waals surface area (Å²) < 4.78 is 0. The molecule has 19 heteroatoms. The van der Waals surface area contributed by atoms with Gasteiger partial charge in [-0.25, -0.2) is 0 Å². The summed E-state index contributed by atoms with van der Waals surface area (Å²) in [5.41, 5.74) is 0. The number of hydrogen-bond donors (Lipinski definition) is 0. The Morgan fingerprint density at radius 3 is 0.158 bits per heavy atom. The second-order valence-electron chi connectivity index (χ2n) is 0. The van der Waals surface area contributed by atoms with Crippen molar-refractivity contribution in [3.05, 3.63) is 0 Å². The molecule has 0 aromatic heterocycles. The van der Waals surface area contributed by atoms with Gasteiger partial charge in [0.15, 0.2) is 0 Å². The third kappa shape index (κ3) is 495. The molecule has 0 unspecified atom stereocenters. The average Bonchev–Trinajstić information content (AvgIpc) is 0. The first-order chi connectivity index (χ1) is 0. The molecular weight excluding hydrogens is 1080 g/mol. The van der Waals surface area contributed by atoms with Crippen molar-refractivity contribution < 1.29 is 213 Å². The van der Waals surface area contributed by atoms with E-state index in [1.165, 1.54) is 0 Å². The van der Waals surface area contributed by atoms with Crippen molar-refractivity contribution in [2.75, 3.05) is 0 Å². The Morgan fingerprint density at radius 2 is 0.158 bits per heavy atom. The summed E-state index contributed by atoms with van der Waals surface area (Å²) in [6.45, 7) is 0. The molecule has 0 saturated carbocycles. The van der Waals surface area contributed by atoms with E-state index in [0.29, 0.717) is 0 Å². The van der Waals surface area contributed by atoms with Crippen molar-refractivity contribution in [3.63, 3.8) is 0 Å². The van der Waals surface area contributed by atoms with E-state index in [4.69, 9.17) is 0 Å². The molecule has 0 spiro atoms. The van der Waals surface area contributed by atoms with E-state index in [9.17, 15) is 0 Å². The monoisotopic (exact) mass is 1100 g/mol. The van der Waals surface area contributed by atoms with Gasteiger partial charge in [0.25, 0.3) is 0 Å². The maximum atomic E-state index is 0. The molecular formula is H12O12Re4Ti3-12. The van der Waals surface area contributed by atoms with Crippen LogP contribution in [0.5, 0.6) is 0 Å². The van der Waals surface area contributed by atoms with Crippen LogP contribution in [-0.4, -0.2) is 65.7 Å². The summed E-state index contributed by atoms with van der Waals surface area (Å²) in [6.07, 6.45) is 0. The molecule has 0 aliphatic rings. The van der Waals surface area contributed by atoms with Crippen LogP contribution in [0.25, 0.3) is 0 Å². The third-order valence-electron chi connectivity index (χ3n) is 0. The van der Waals surface area contributed by atoms with Crippen molar-refractivity contribution in [1.29, 1.82) is 0 Å². The molecule has 0 aromatic carbocycles. The van der Waals surface area contributed by atoms with Gasteiger partial charge < -0.3 is 65.7 Å². The Morgan fingerprint density at radius 1 is 0.158 bits per heavy atom. The second kappa shape index (κ2) is 545. The van der Waals surface area contributed by atoms with Crippen molar-refractivity contribution >= 4 is 0 Å². The van der Waals surface area contributed by atoms with Crippen molar-refractivity contribution in [2.24, 2.45) is 0 Å². The van der Waals surface area contributed by atoms with Crippen molar-refractivity contribution in [1.82, 2.24) is 0 Å². The van der Waals surface area contributed by atoms with Crippen LogP contribution in [0, 0.1) is 0 Å². The number of rotatable bonds is 0. The van der Waals surface area contributed by atoms with Crippen LogP contribution in [0.1, 0.15) is 0 Å². The summed E-state index contributed by atoms with van der Waals surface area (Å²) >= 11 is 0. The van der Waals surface area contributed by atoms with Crippen LogP contribution >= 0.6 is 0 Å². The van der Waals surface area contributed by atoms with Crippen LogP contribution < -0.4 is 0 Å². The molecule has 0 bridgehead atoms. The minimum Gasteiger partial charge on any atom is -0.870 e. The van der Waals surface area contributed by atoms with Gasteiger partial charge in [0.05, 0.1) is 0 Å². The van der Waals surface area contributed by atoms with Crippen LogP contribution in [-0.2, 0) is 147 Å². The van der Waals surface area contributed by atoms with E-state index in [1.807, 2.05) is 0 Å². The summed E-state index contributed by atoms with van der Waals surface area (Å²) in [5, 5.41) is 0. The fourth-order valence-corrected chi connectivity index (χ4v) is 0. The molecule has 12 nitrogen and oxygen atoms in total. The molecule has 4 radical (unpaired) electrons. The fraction of sp³-hybridized carbons (Fsp3) is 0. The third-order valence-corrected chi connectivity index (χ3v) is 0. The van der Waals surface area contributed by atoms with Crippen LogP contribution in [0.15, 0.2) is 0 Å². The molecule has 19 heavy (non-hydrogen) atoms. The molecule has 0 fully saturated rings. The Kier molecular flexibility index (Phi) is 17900. The summed E-state index contributed by atoms with van der Waals surface area (Å²) in [6, 6.07) is 0. The van der Waals surface area contributed by atoms with Gasteiger partial charge in [0.1, 0.15) is 0 Å². The molecule has 0 atom stereocenters. The zero-order valence-electron chi connectivity index (χ0n) is 8.38. The van der Waals surface area contributed by atoms with Gasteiger partial charge in [-0.3, -0.25) is 0 Å². The van der Waals surface area contributed by atoms with Gasteiger partial charge in [0, 0.05) is 147 Å². The fourth-order valence-electron chi connectivity index (χ4n) is 0. The van der Waals surface area contributed by atoms with E-state index in [-0.39, 0.29) is 213 Å². The Labute approximate surface area is 209 Å². The van der Waals surface area contributed by atoms with Gasteiger partial charge >= 0.3 is 0 Å². The van der Waals surface area contributed by atoms with E-state index in [0.717, 1.165) is 0 Å². The topological polar surface area (TPSA) is 360 Å². The van der Waals surface area contributed by atoms with Crippen LogP contribution in [0.3, 0.4) is 0 Å². The smallest absolute Gasteiger partial charge is 0 e. The molecule has 0 amide bonds. The maximum absolute atomic E-state index is 0. The summed E-state index contributed by atoms with van der Waals surface area (Å²) in [7, 11) is 0. The van der Waals surface area contributed by atoms with E-state index in [2.05, 4.69) is 0 Å². The molecule has 0 rings (SSSR count). The molecule has 0 aromatic rings. The van der Waals surface area contributed by atoms with Gasteiger partial charge in [-0.05, 0) is 0 Å². The van der Waals surface area contributed by atoms with Gasteiger partial charge in [-0.1, -0.05) is 0 Å². The number of hydrogen-bond acceptors (Lipinski definition) is 12. The van der Waals surface area contributed by atoms with Gasteiger partial charge in [-0.15, -0.1) is 0 Å². The Balaban J connectivity index is 0. The minimum absolute atomic E-state index is 0. The predicted octanol–water partition coefficient (Wildman–Crippen LogP) is -2.14. The standard InChI is InChI=1S/12H2O.4Re.3Ti/h12*1H2;;;;;;;/p-12. The van der Waals surface area contributed by atoms with Crippen molar-refractivity contribution in [2.45, 2.75) is 0 Å². The average molecular weight is 1090 g/mol. The zero-order chi connectivity index (χ0) is 0. The maximum Gasteiger partial charge on any atom is 0 e. The molecule has 0 saturated heterocycles.